The van der Waals surface area contributed by atoms with E-state index in [1.807, 2.05) is 26.0 Å². The lowest BCUT2D eigenvalue weighted by Crippen LogP contribution is -2.31. The van der Waals surface area contributed by atoms with Gasteiger partial charge >= 0.3 is 11.7 Å². The summed E-state index contributed by atoms with van der Waals surface area (Å²) < 4.78 is 39.8. The number of hydrogen-bond donors (Lipinski definition) is 4. The smallest absolute Gasteiger partial charge is 0.419 e. The second kappa shape index (κ2) is 20.0. The fraction of sp³-hybridized carbons (Fsp3) is 0.389. The molecule has 0 unspecified atom stereocenters. The van der Waals surface area contributed by atoms with Crippen molar-refractivity contribution in [3.63, 3.8) is 0 Å². The van der Waals surface area contributed by atoms with Crippen LogP contribution in [0.25, 0.3) is 11.0 Å². The highest BCUT2D eigenvalue weighted by Crippen LogP contribution is 2.22. The summed E-state index contributed by atoms with van der Waals surface area (Å²) in [7, 11) is -3.83. The van der Waals surface area contributed by atoms with Crippen LogP contribution in [-0.2, 0) is 30.7 Å². The van der Waals surface area contributed by atoms with Crippen LogP contribution < -0.4 is 31.6 Å². The molecule has 4 aromatic rings. The number of anilines is 1. The van der Waals surface area contributed by atoms with Crippen molar-refractivity contribution in [1.29, 1.82) is 0 Å². The predicted octanol–water partition coefficient (Wildman–Crippen LogP) is 2.17. The van der Waals surface area contributed by atoms with Crippen LogP contribution in [0.5, 0.6) is 0 Å². The number of amides is 3. The molecule has 17 nitrogen and oxygen atoms in total. The monoisotopic (exact) mass is 767 g/mol. The zero-order chi connectivity index (χ0) is 39.1. The van der Waals surface area contributed by atoms with Gasteiger partial charge in [-0.05, 0) is 75.6 Å². The lowest BCUT2D eigenvalue weighted by molar-refractivity contribution is -0.120. The molecule has 18 heteroatoms. The van der Waals surface area contributed by atoms with Gasteiger partial charge in [-0.3, -0.25) is 14.4 Å². The van der Waals surface area contributed by atoms with E-state index in [1.165, 1.54) is 42.9 Å². The van der Waals surface area contributed by atoms with Crippen molar-refractivity contribution in [2.24, 2.45) is 5.14 Å². The summed E-state index contributed by atoms with van der Waals surface area (Å²) in [6, 6.07) is 12.3. The van der Waals surface area contributed by atoms with Gasteiger partial charge in [0, 0.05) is 61.6 Å². The summed E-state index contributed by atoms with van der Waals surface area (Å²) in [5.41, 5.74) is 1.16. The molecule has 0 spiro atoms. The highest BCUT2D eigenvalue weighted by Gasteiger charge is 2.15. The first kappa shape index (κ1) is 41.2. The quantitative estimate of drug-likeness (QED) is 0.0749. The lowest BCUT2D eigenvalue weighted by atomic mass is 10.1. The maximum atomic E-state index is 12.6. The maximum Gasteiger partial charge on any atom is 0.419 e. The summed E-state index contributed by atoms with van der Waals surface area (Å²) in [4.78, 5) is 68.1. The summed E-state index contributed by atoms with van der Waals surface area (Å²) >= 11 is 0. The van der Waals surface area contributed by atoms with Crippen molar-refractivity contribution in [3.8, 4) is 0 Å². The SMILES string of the molecule is CCN(CC)c1ccc2cc(C(=O)NCCOCCOC(=O)n3cnc(CC(=O)NCCCCCNC(=O)c4ccc(S(N)(=O)=O)cc4)c3)c(=O)oc2c1. The number of nitrogens with two attached hydrogens (primary N) is 1. The number of primary sulfonamides is 1. The van der Waals surface area contributed by atoms with E-state index in [9.17, 15) is 32.4 Å². The van der Waals surface area contributed by atoms with Gasteiger partial charge < -0.3 is 34.7 Å². The van der Waals surface area contributed by atoms with Gasteiger partial charge in [0.15, 0.2) is 0 Å². The van der Waals surface area contributed by atoms with Crippen LogP contribution in [0.4, 0.5) is 10.5 Å². The molecule has 3 amide bonds. The van der Waals surface area contributed by atoms with E-state index >= 15 is 0 Å². The fourth-order valence-corrected chi connectivity index (χ4v) is 5.79. The molecule has 5 N–H and O–H groups in total. The molecule has 2 aromatic heterocycles. The minimum atomic E-state index is -3.83. The standard InChI is InChI=1S/C36H45N7O10S/c1-3-42(4-2)28-11-8-26-20-30(35(47)53-31(26)22-28)34(46)40-16-17-51-18-19-52-36(48)43-23-27(41-24-43)21-32(44)38-14-6-5-7-15-39-33(45)25-9-12-29(13-10-25)54(37,49)50/h8-13,20,22-24H,3-7,14-19,21H2,1-2H3,(H,38,44)(H,39,45)(H,40,46)(H2,37,49,50). The van der Waals surface area contributed by atoms with Crippen LogP contribution in [-0.4, -0.2) is 94.3 Å². The Morgan fingerprint density at radius 2 is 1.57 bits per heavy atom. The van der Waals surface area contributed by atoms with Gasteiger partial charge in [0.25, 0.3) is 11.8 Å². The summed E-state index contributed by atoms with van der Waals surface area (Å²) in [6.45, 7) is 6.72. The summed E-state index contributed by atoms with van der Waals surface area (Å²) in [5.74, 6) is -1.19. The average Bonchev–Trinajstić information content (AvgIpc) is 3.62. The number of benzene rings is 2. The van der Waals surface area contributed by atoms with Gasteiger partial charge in [0.05, 0.1) is 30.2 Å². The zero-order valence-corrected chi connectivity index (χ0v) is 31.0. The summed E-state index contributed by atoms with van der Waals surface area (Å²) in [5, 5.41) is 13.9. The fourth-order valence-electron chi connectivity index (χ4n) is 5.28. The van der Waals surface area contributed by atoms with E-state index in [1.54, 1.807) is 6.07 Å². The number of ether oxygens (including phenoxy) is 2. The normalized spacial score (nSPS) is 11.2. The minimum absolute atomic E-state index is 0.0336. The van der Waals surface area contributed by atoms with E-state index in [2.05, 4.69) is 25.8 Å². The molecule has 0 aliphatic heterocycles. The van der Waals surface area contributed by atoms with Crippen molar-refractivity contribution in [2.45, 2.75) is 44.4 Å². The minimum Gasteiger partial charge on any atom is -0.446 e. The van der Waals surface area contributed by atoms with E-state index < -0.39 is 27.6 Å². The van der Waals surface area contributed by atoms with E-state index in [0.29, 0.717) is 48.2 Å². The Labute approximate surface area is 312 Å². The third-order valence-corrected chi connectivity index (χ3v) is 9.10. The van der Waals surface area contributed by atoms with Gasteiger partial charge in [-0.25, -0.2) is 32.7 Å². The highest BCUT2D eigenvalue weighted by molar-refractivity contribution is 7.89. The second-order valence-electron chi connectivity index (χ2n) is 12.0. The van der Waals surface area contributed by atoms with Gasteiger partial charge in [-0.2, -0.15) is 0 Å². The van der Waals surface area contributed by atoms with Crippen molar-refractivity contribution < 1.29 is 41.5 Å². The van der Waals surface area contributed by atoms with Crippen LogP contribution >= 0.6 is 0 Å². The predicted molar refractivity (Wildman–Crippen MR) is 199 cm³/mol. The number of carbonyl (C=O) groups excluding carboxylic acids is 4. The Kier molecular flexibility index (Phi) is 15.3. The molecule has 0 aliphatic rings. The molecule has 0 atom stereocenters. The Morgan fingerprint density at radius 3 is 2.28 bits per heavy atom. The third-order valence-electron chi connectivity index (χ3n) is 8.17. The van der Waals surface area contributed by atoms with Crippen molar-refractivity contribution in [1.82, 2.24) is 25.5 Å². The molecule has 0 bridgehead atoms. The number of nitrogens with one attached hydrogen (secondary N) is 3. The number of hydrogen-bond acceptors (Lipinski definition) is 12. The summed E-state index contributed by atoms with van der Waals surface area (Å²) in [6.07, 6.45) is 4.01. The number of imidazole rings is 1. The van der Waals surface area contributed by atoms with Gasteiger partial charge in [-0.15, -0.1) is 0 Å². The van der Waals surface area contributed by atoms with E-state index in [-0.39, 0.29) is 55.1 Å². The molecule has 0 saturated heterocycles. The lowest BCUT2D eigenvalue weighted by Gasteiger charge is -2.21. The molecule has 4 rings (SSSR count). The zero-order valence-electron chi connectivity index (χ0n) is 30.2. The van der Waals surface area contributed by atoms with Gasteiger partial charge in [-0.1, -0.05) is 0 Å². The third kappa shape index (κ3) is 12.2. The number of rotatable bonds is 20. The molecule has 0 fully saturated rings. The van der Waals surface area contributed by atoms with Gasteiger partial charge in [0.1, 0.15) is 24.1 Å². The second-order valence-corrected chi connectivity index (χ2v) is 13.6. The maximum absolute atomic E-state index is 12.6. The van der Waals surface area contributed by atoms with Crippen molar-refractivity contribution in [2.75, 3.05) is 57.4 Å². The molecule has 0 aliphatic carbocycles. The highest BCUT2D eigenvalue weighted by atomic mass is 32.2. The molecular formula is C36H45N7O10S. The van der Waals surface area contributed by atoms with Crippen LogP contribution in [0, 0.1) is 0 Å². The Hall–Kier alpha value is -5.59. The molecule has 54 heavy (non-hydrogen) atoms. The first-order chi connectivity index (χ1) is 25.9. The number of fused-ring (bicyclic) bond motifs is 1. The van der Waals surface area contributed by atoms with E-state index in [0.717, 1.165) is 29.8 Å². The molecule has 2 heterocycles. The van der Waals surface area contributed by atoms with Crippen molar-refractivity contribution in [3.05, 3.63) is 88.3 Å². The number of nitrogens with zero attached hydrogens (tertiary/aromatic N) is 3. The average molecular weight is 768 g/mol. The molecular weight excluding hydrogens is 723 g/mol. The number of unbranched alkanes of at least 4 members (excludes halogenated alkanes) is 2. The Bertz CT molecular complexity index is 2080. The van der Waals surface area contributed by atoms with Crippen molar-refractivity contribution >= 4 is 50.5 Å². The van der Waals surface area contributed by atoms with Crippen LogP contribution in [0.15, 0.2) is 75.2 Å². The van der Waals surface area contributed by atoms with Crippen LogP contribution in [0.3, 0.4) is 0 Å². The molecule has 0 saturated carbocycles. The van der Waals surface area contributed by atoms with E-state index in [4.69, 9.17) is 19.0 Å². The Balaban J connectivity index is 1.04. The first-order valence-corrected chi connectivity index (χ1v) is 19.0. The topological polar surface area (TPSA) is 234 Å². The molecule has 0 radical (unpaired) electrons. The first-order valence-electron chi connectivity index (χ1n) is 17.5. The number of carbonyl (C=O) groups is 4. The van der Waals surface area contributed by atoms with Gasteiger partial charge in [0.2, 0.25) is 15.9 Å². The number of aromatic nitrogens is 2. The Morgan fingerprint density at radius 1 is 0.870 bits per heavy atom. The van der Waals surface area contributed by atoms with Crippen LogP contribution in [0.1, 0.15) is 59.5 Å². The molecule has 290 valence electrons. The van der Waals surface area contributed by atoms with Crippen LogP contribution in [0.2, 0.25) is 0 Å². The molecule has 2 aromatic carbocycles. The largest absolute Gasteiger partial charge is 0.446 e. The number of sulfonamides is 1.